The van der Waals surface area contributed by atoms with Crippen molar-refractivity contribution in [3.8, 4) is 0 Å². The van der Waals surface area contributed by atoms with E-state index in [4.69, 9.17) is 9.26 Å². The maximum atomic E-state index is 12.6. The Kier molecular flexibility index (Phi) is 4.92. The van der Waals surface area contributed by atoms with E-state index in [0.717, 1.165) is 25.0 Å². The van der Waals surface area contributed by atoms with Gasteiger partial charge in [0.25, 0.3) is 5.91 Å². The lowest BCUT2D eigenvalue weighted by Crippen LogP contribution is -2.62. The van der Waals surface area contributed by atoms with Crippen LogP contribution in [0.1, 0.15) is 62.2 Å². The average molecular weight is 351 g/mol. The molecule has 1 aromatic heterocycles. The molecule has 7 heteroatoms. The second-order valence-corrected chi connectivity index (χ2v) is 7.94. The average Bonchev–Trinajstić information content (AvgIpc) is 3.08. The molecule has 2 saturated heterocycles. The van der Waals surface area contributed by atoms with Crippen molar-refractivity contribution in [2.45, 2.75) is 63.2 Å². The SMILES string of the molecule is CN[C@H]1CC2(CCN(C(=O)c3cc(C(C)C)no3)CC2)OC[C@]1(C)O. The van der Waals surface area contributed by atoms with Crippen LogP contribution in [0.5, 0.6) is 0 Å². The third kappa shape index (κ3) is 3.59. The molecule has 2 aliphatic rings. The number of hydrogen-bond acceptors (Lipinski definition) is 6. The summed E-state index contributed by atoms with van der Waals surface area (Å²) in [6.07, 6.45) is 2.27. The van der Waals surface area contributed by atoms with Crippen LogP contribution in [0.25, 0.3) is 0 Å². The van der Waals surface area contributed by atoms with E-state index in [1.54, 1.807) is 17.9 Å². The Hall–Kier alpha value is -1.44. The van der Waals surface area contributed by atoms with E-state index < -0.39 is 5.60 Å². The summed E-state index contributed by atoms with van der Waals surface area (Å²) in [6, 6.07) is 1.73. The molecule has 0 aromatic carbocycles. The van der Waals surface area contributed by atoms with Crippen molar-refractivity contribution in [3.63, 3.8) is 0 Å². The number of likely N-dealkylation sites (tertiary alicyclic amines) is 1. The van der Waals surface area contributed by atoms with Gasteiger partial charge in [-0.15, -0.1) is 0 Å². The zero-order chi connectivity index (χ0) is 18.2. The van der Waals surface area contributed by atoms with Crippen LogP contribution in [0.4, 0.5) is 0 Å². The van der Waals surface area contributed by atoms with Crippen molar-refractivity contribution in [1.82, 2.24) is 15.4 Å². The van der Waals surface area contributed by atoms with Gasteiger partial charge in [0.2, 0.25) is 5.76 Å². The maximum absolute atomic E-state index is 12.6. The fourth-order valence-corrected chi connectivity index (χ4v) is 3.75. The Morgan fingerprint density at radius 1 is 1.44 bits per heavy atom. The summed E-state index contributed by atoms with van der Waals surface area (Å²) in [6.45, 7) is 7.39. The standard InChI is InChI=1S/C18H29N3O4/c1-12(2)13-9-14(25-20-13)16(22)21-7-5-18(6-8-21)10-15(19-4)17(3,23)11-24-18/h9,12,15,19,23H,5-8,10-11H2,1-4H3/t15-,17-/m0/s1. The molecular formula is C18H29N3O4. The molecule has 2 N–H and O–H groups in total. The lowest BCUT2D eigenvalue weighted by molar-refractivity contribution is -0.189. The Morgan fingerprint density at radius 3 is 2.68 bits per heavy atom. The van der Waals surface area contributed by atoms with Gasteiger partial charge < -0.3 is 24.6 Å². The van der Waals surface area contributed by atoms with Crippen LogP contribution in [0.15, 0.2) is 10.6 Å². The van der Waals surface area contributed by atoms with Crippen molar-refractivity contribution in [2.24, 2.45) is 0 Å². The number of piperidine rings is 1. The van der Waals surface area contributed by atoms with Crippen molar-refractivity contribution < 1.29 is 19.2 Å². The summed E-state index contributed by atoms with van der Waals surface area (Å²) in [4.78, 5) is 14.4. The van der Waals surface area contributed by atoms with E-state index in [2.05, 4.69) is 10.5 Å². The van der Waals surface area contributed by atoms with Gasteiger partial charge in [-0.2, -0.15) is 0 Å². The molecule has 1 aromatic rings. The van der Waals surface area contributed by atoms with Crippen molar-refractivity contribution in [1.29, 1.82) is 0 Å². The highest BCUT2D eigenvalue weighted by atomic mass is 16.5. The van der Waals surface area contributed by atoms with Crippen LogP contribution in [-0.2, 0) is 4.74 Å². The number of carbonyl (C=O) groups is 1. The van der Waals surface area contributed by atoms with Crippen molar-refractivity contribution in [2.75, 3.05) is 26.7 Å². The highest BCUT2D eigenvalue weighted by Crippen LogP contribution is 2.38. The molecule has 0 bridgehead atoms. The number of rotatable bonds is 3. The fourth-order valence-electron chi connectivity index (χ4n) is 3.75. The number of likely N-dealkylation sites (N-methyl/N-ethyl adjacent to an activating group) is 1. The molecule has 0 unspecified atom stereocenters. The van der Waals surface area contributed by atoms with Gasteiger partial charge in [-0.1, -0.05) is 19.0 Å². The highest BCUT2D eigenvalue weighted by molar-refractivity contribution is 5.91. The first-order valence-corrected chi connectivity index (χ1v) is 9.06. The van der Waals surface area contributed by atoms with Gasteiger partial charge in [0.05, 0.1) is 17.9 Å². The minimum Gasteiger partial charge on any atom is -0.386 e. The summed E-state index contributed by atoms with van der Waals surface area (Å²) in [5.41, 5.74) is -0.330. The Morgan fingerprint density at radius 2 is 2.12 bits per heavy atom. The van der Waals surface area contributed by atoms with Crippen LogP contribution in [0, 0.1) is 0 Å². The van der Waals surface area contributed by atoms with E-state index in [1.807, 2.05) is 20.9 Å². The topological polar surface area (TPSA) is 87.8 Å². The van der Waals surface area contributed by atoms with E-state index in [9.17, 15) is 9.90 Å². The zero-order valence-corrected chi connectivity index (χ0v) is 15.5. The number of amides is 1. The number of nitrogens with one attached hydrogen (secondary N) is 1. The number of aromatic nitrogens is 1. The second kappa shape index (κ2) is 6.70. The largest absolute Gasteiger partial charge is 0.386 e. The van der Waals surface area contributed by atoms with Crippen molar-refractivity contribution in [3.05, 3.63) is 17.5 Å². The normalized spacial score (nSPS) is 29.4. The lowest BCUT2D eigenvalue weighted by Gasteiger charge is -2.50. The van der Waals surface area contributed by atoms with E-state index >= 15 is 0 Å². The molecule has 25 heavy (non-hydrogen) atoms. The molecule has 7 nitrogen and oxygen atoms in total. The first kappa shape index (κ1) is 18.4. The number of carbonyl (C=O) groups excluding carboxylic acids is 1. The molecule has 0 radical (unpaired) electrons. The Balaban J connectivity index is 1.62. The predicted molar refractivity (Wildman–Crippen MR) is 92.5 cm³/mol. The molecule has 3 rings (SSSR count). The van der Waals surface area contributed by atoms with Gasteiger partial charge in [0.15, 0.2) is 0 Å². The van der Waals surface area contributed by atoms with Crippen LogP contribution < -0.4 is 5.32 Å². The van der Waals surface area contributed by atoms with Gasteiger partial charge in [-0.05, 0) is 39.2 Å². The van der Waals surface area contributed by atoms with E-state index in [-0.39, 0.29) is 23.5 Å². The van der Waals surface area contributed by atoms with Crippen LogP contribution in [0.3, 0.4) is 0 Å². The zero-order valence-electron chi connectivity index (χ0n) is 15.5. The van der Waals surface area contributed by atoms with Gasteiger partial charge >= 0.3 is 0 Å². The summed E-state index contributed by atoms with van der Waals surface area (Å²) in [5, 5.41) is 17.6. The molecule has 140 valence electrons. The monoisotopic (exact) mass is 351 g/mol. The van der Waals surface area contributed by atoms with Gasteiger partial charge in [-0.3, -0.25) is 4.79 Å². The van der Waals surface area contributed by atoms with Gasteiger partial charge in [0, 0.05) is 25.2 Å². The molecule has 2 atom stereocenters. The third-order valence-electron chi connectivity index (χ3n) is 5.64. The molecule has 2 aliphatic heterocycles. The van der Waals surface area contributed by atoms with Crippen LogP contribution in [-0.4, -0.2) is 65.1 Å². The molecule has 0 saturated carbocycles. The predicted octanol–water partition coefficient (Wildman–Crippen LogP) is 1.53. The smallest absolute Gasteiger partial charge is 0.292 e. The first-order chi connectivity index (χ1) is 11.8. The van der Waals surface area contributed by atoms with Gasteiger partial charge in [0.1, 0.15) is 5.60 Å². The van der Waals surface area contributed by atoms with Crippen LogP contribution in [0.2, 0.25) is 0 Å². The van der Waals surface area contributed by atoms with Gasteiger partial charge in [-0.25, -0.2) is 0 Å². The molecule has 0 aliphatic carbocycles. The number of hydrogen-bond donors (Lipinski definition) is 2. The molecule has 2 fully saturated rings. The molecule has 1 amide bonds. The minimum atomic E-state index is -0.861. The van der Waals surface area contributed by atoms with E-state index in [0.29, 0.717) is 25.5 Å². The third-order valence-corrected chi connectivity index (χ3v) is 5.64. The second-order valence-electron chi connectivity index (χ2n) is 7.94. The van der Waals surface area contributed by atoms with Crippen LogP contribution >= 0.6 is 0 Å². The summed E-state index contributed by atoms with van der Waals surface area (Å²) in [7, 11) is 1.87. The molecule has 1 spiro atoms. The summed E-state index contributed by atoms with van der Waals surface area (Å²) in [5.74, 6) is 0.430. The summed E-state index contributed by atoms with van der Waals surface area (Å²) < 4.78 is 11.3. The molecule has 3 heterocycles. The quantitative estimate of drug-likeness (QED) is 0.859. The Labute approximate surface area is 148 Å². The first-order valence-electron chi connectivity index (χ1n) is 9.06. The number of aliphatic hydroxyl groups is 1. The maximum Gasteiger partial charge on any atom is 0.292 e. The summed E-state index contributed by atoms with van der Waals surface area (Å²) >= 11 is 0. The fraction of sp³-hybridized carbons (Fsp3) is 0.778. The number of nitrogens with zero attached hydrogens (tertiary/aromatic N) is 2. The number of ether oxygens (including phenoxy) is 1. The van der Waals surface area contributed by atoms with Crippen molar-refractivity contribution >= 4 is 5.91 Å². The highest BCUT2D eigenvalue weighted by Gasteiger charge is 2.48. The molecular weight excluding hydrogens is 322 g/mol. The lowest BCUT2D eigenvalue weighted by atomic mass is 9.77. The minimum absolute atomic E-state index is 0.00799. The Bertz CT molecular complexity index is 618. The van der Waals surface area contributed by atoms with E-state index in [1.165, 1.54) is 0 Å².